The normalized spacial score (nSPS) is 14.7. The summed E-state index contributed by atoms with van der Waals surface area (Å²) in [4.78, 5) is 22.7. The van der Waals surface area contributed by atoms with Crippen LogP contribution in [0.25, 0.3) is 0 Å². The van der Waals surface area contributed by atoms with Gasteiger partial charge in [0.05, 0.1) is 25.4 Å². The Morgan fingerprint density at radius 3 is 1.62 bits per heavy atom. The molecule has 3 atom stereocenters. The van der Waals surface area contributed by atoms with E-state index in [1.807, 2.05) is 6.08 Å². The topological polar surface area (TPSA) is 131 Å². The molecule has 3 unspecified atom stereocenters. The molecule has 0 aromatic heterocycles. The molecule has 0 fully saturated rings. The van der Waals surface area contributed by atoms with Gasteiger partial charge in [0, 0.05) is 13.0 Å². The minimum atomic E-state index is -4.35. The minimum Gasteiger partial charge on any atom is -0.387 e. The van der Waals surface area contributed by atoms with Crippen molar-refractivity contribution in [1.29, 1.82) is 0 Å². The Hall–Kier alpha value is -1.80. The molecule has 0 radical (unpaired) electrons. The van der Waals surface area contributed by atoms with Crippen molar-refractivity contribution >= 4 is 13.7 Å². The number of unbranched alkanes of at least 4 members (excludes halogenated alkanes) is 19. The molecular formula is C44H81N2O6P. The van der Waals surface area contributed by atoms with Gasteiger partial charge >= 0.3 is 7.82 Å². The van der Waals surface area contributed by atoms with Gasteiger partial charge in [0.25, 0.3) is 0 Å². The van der Waals surface area contributed by atoms with E-state index in [0.717, 1.165) is 64.2 Å². The van der Waals surface area contributed by atoms with E-state index in [0.29, 0.717) is 6.42 Å². The van der Waals surface area contributed by atoms with Crippen molar-refractivity contribution in [3.8, 4) is 0 Å². The molecule has 53 heavy (non-hydrogen) atoms. The third-order valence-electron chi connectivity index (χ3n) is 9.07. The molecule has 0 aliphatic heterocycles. The number of carbonyl (C=O) groups excluding carboxylic acids is 1. The second kappa shape index (κ2) is 39.9. The first-order valence-electron chi connectivity index (χ1n) is 21.4. The maximum absolute atomic E-state index is 12.7. The summed E-state index contributed by atoms with van der Waals surface area (Å²) in [6.45, 7) is 4.06. The minimum absolute atomic E-state index is 0.0691. The molecule has 0 aromatic rings. The molecule has 0 aliphatic carbocycles. The first kappa shape index (κ1) is 51.2. The third-order valence-corrected chi connectivity index (χ3v) is 10.0. The number of aliphatic hydroxyl groups excluding tert-OH is 1. The van der Waals surface area contributed by atoms with Crippen molar-refractivity contribution in [2.24, 2.45) is 5.73 Å². The van der Waals surface area contributed by atoms with Gasteiger partial charge in [-0.1, -0.05) is 164 Å². The van der Waals surface area contributed by atoms with Gasteiger partial charge in [0.15, 0.2) is 0 Å². The summed E-state index contributed by atoms with van der Waals surface area (Å²) in [6.07, 6.45) is 49.8. The van der Waals surface area contributed by atoms with Gasteiger partial charge in [-0.15, -0.1) is 0 Å². The summed E-state index contributed by atoms with van der Waals surface area (Å²) in [6, 6.07) is -0.886. The largest absolute Gasteiger partial charge is 0.472 e. The molecule has 0 rings (SSSR count). The van der Waals surface area contributed by atoms with E-state index >= 15 is 0 Å². The van der Waals surface area contributed by atoms with E-state index in [4.69, 9.17) is 14.8 Å². The van der Waals surface area contributed by atoms with E-state index in [1.54, 1.807) is 6.08 Å². The number of hydrogen-bond acceptors (Lipinski definition) is 6. The number of aliphatic hydroxyl groups is 1. The van der Waals surface area contributed by atoms with Crippen molar-refractivity contribution in [2.45, 2.75) is 193 Å². The molecular weight excluding hydrogens is 683 g/mol. The summed E-state index contributed by atoms with van der Waals surface area (Å²) in [5.74, 6) is -0.219. The second-order valence-electron chi connectivity index (χ2n) is 14.2. The van der Waals surface area contributed by atoms with Crippen LogP contribution >= 0.6 is 7.82 Å². The van der Waals surface area contributed by atoms with Gasteiger partial charge in [-0.25, -0.2) is 4.57 Å². The molecule has 0 aliphatic rings. The Kier molecular flexibility index (Phi) is 38.5. The van der Waals surface area contributed by atoms with Crippen molar-refractivity contribution < 1.29 is 28.4 Å². The Balaban J connectivity index is 4.31. The summed E-state index contributed by atoms with van der Waals surface area (Å²) in [5.41, 5.74) is 5.37. The fourth-order valence-electron chi connectivity index (χ4n) is 5.80. The summed E-state index contributed by atoms with van der Waals surface area (Å²) >= 11 is 0. The molecule has 5 N–H and O–H groups in total. The van der Waals surface area contributed by atoms with Gasteiger partial charge in [0.2, 0.25) is 5.91 Å². The van der Waals surface area contributed by atoms with E-state index < -0.39 is 20.0 Å². The lowest BCUT2D eigenvalue weighted by molar-refractivity contribution is -0.123. The summed E-state index contributed by atoms with van der Waals surface area (Å²) in [5, 5.41) is 13.6. The van der Waals surface area contributed by atoms with E-state index in [-0.39, 0.29) is 25.7 Å². The lowest BCUT2D eigenvalue weighted by Gasteiger charge is -2.23. The number of nitrogens with two attached hydrogens (primary N) is 1. The molecule has 0 bridgehead atoms. The lowest BCUT2D eigenvalue weighted by atomic mass is 10.1. The Bertz CT molecular complexity index is 1010. The van der Waals surface area contributed by atoms with Crippen molar-refractivity contribution in [3.05, 3.63) is 60.8 Å². The van der Waals surface area contributed by atoms with Crippen molar-refractivity contribution in [2.75, 3.05) is 19.8 Å². The number of allylic oxidation sites excluding steroid dienone is 9. The van der Waals surface area contributed by atoms with Crippen LogP contribution in [0.2, 0.25) is 0 Å². The number of phosphoric ester groups is 1. The highest BCUT2D eigenvalue weighted by Crippen LogP contribution is 2.43. The average molecular weight is 765 g/mol. The zero-order valence-electron chi connectivity index (χ0n) is 34.0. The van der Waals surface area contributed by atoms with Crippen LogP contribution in [0.1, 0.15) is 181 Å². The Morgan fingerprint density at radius 2 is 1.06 bits per heavy atom. The maximum Gasteiger partial charge on any atom is 0.472 e. The number of nitrogens with one attached hydrogen (secondary N) is 1. The standard InChI is InChI=1S/C44H81N2O6P/c1-3-5-7-9-11-13-15-17-19-20-21-22-24-26-28-30-32-34-36-38-44(48)46-42(41-52-53(49,50)51-40-39-45)43(47)37-35-33-31-29-27-25-23-18-16-14-12-10-8-6-4-2/h11,13,17,19,21-22,27,29,35,37,42-43,47H,3-10,12,14-16,18,20,23-26,28,30-34,36,38-41,45H2,1-2H3,(H,46,48)(H,49,50)/b13-11-,19-17-,22-21-,29-27+,37-35+. The fourth-order valence-corrected chi connectivity index (χ4v) is 6.56. The average Bonchev–Trinajstić information content (AvgIpc) is 3.14. The highest BCUT2D eigenvalue weighted by atomic mass is 31.2. The highest BCUT2D eigenvalue weighted by Gasteiger charge is 2.26. The Morgan fingerprint density at radius 1 is 0.623 bits per heavy atom. The molecule has 1 amide bonds. The summed E-state index contributed by atoms with van der Waals surface area (Å²) in [7, 11) is -4.35. The van der Waals surface area contributed by atoms with Crippen LogP contribution in [-0.4, -0.2) is 47.8 Å². The predicted octanol–water partition coefficient (Wildman–Crippen LogP) is 11.9. The Labute approximate surface area is 325 Å². The molecule has 0 saturated carbocycles. The quantitative estimate of drug-likeness (QED) is 0.0278. The zero-order chi connectivity index (χ0) is 38.9. The van der Waals surface area contributed by atoms with Crippen molar-refractivity contribution in [1.82, 2.24) is 5.32 Å². The first-order valence-corrected chi connectivity index (χ1v) is 22.9. The fraction of sp³-hybridized carbons (Fsp3) is 0.750. The van der Waals surface area contributed by atoms with E-state index in [1.165, 1.54) is 96.3 Å². The molecule has 0 spiro atoms. The monoisotopic (exact) mass is 765 g/mol. The molecule has 0 heterocycles. The van der Waals surface area contributed by atoms with E-state index in [2.05, 4.69) is 67.8 Å². The van der Waals surface area contributed by atoms with Gasteiger partial charge < -0.3 is 21.1 Å². The van der Waals surface area contributed by atoms with Gasteiger partial charge in [0.1, 0.15) is 0 Å². The van der Waals surface area contributed by atoms with E-state index in [9.17, 15) is 19.4 Å². The van der Waals surface area contributed by atoms with Crippen LogP contribution in [0.5, 0.6) is 0 Å². The third kappa shape index (κ3) is 38.3. The predicted molar refractivity (Wildman–Crippen MR) is 226 cm³/mol. The smallest absolute Gasteiger partial charge is 0.387 e. The SMILES string of the molecule is CCCCC/C=C\C/C=C\C/C=C\CCCCCCCCC(=O)NC(COP(=O)(O)OCCN)C(O)/C=C/CC/C=C/CCCCCCCCCCC. The number of amides is 1. The molecule has 308 valence electrons. The van der Waals surface area contributed by atoms with Crippen LogP contribution in [0.3, 0.4) is 0 Å². The molecule has 0 aromatic carbocycles. The van der Waals surface area contributed by atoms with Crippen LogP contribution in [0.15, 0.2) is 60.8 Å². The van der Waals surface area contributed by atoms with Gasteiger partial charge in [-0.05, 0) is 70.6 Å². The second-order valence-corrected chi connectivity index (χ2v) is 15.6. The molecule has 9 heteroatoms. The summed E-state index contributed by atoms with van der Waals surface area (Å²) < 4.78 is 22.1. The maximum atomic E-state index is 12.7. The number of rotatable bonds is 39. The molecule has 8 nitrogen and oxygen atoms in total. The van der Waals surface area contributed by atoms with Crippen LogP contribution in [0.4, 0.5) is 0 Å². The lowest BCUT2D eigenvalue weighted by Crippen LogP contribution is -2.45. The number of phosphoric acid groups is 1. The molecule has 0 saturated heterocycles. The van der Waals surface area contributed by atoms with Crippen LogP contribution < -0.4 is 11.1 Å². The van der Waals surface area contributed by atoms with Gasteiger partial charge in [-0.2, -0.15) is 0 Å². The van der Waals surface area contributed by atoms with Crippen LogP contribution in [0, 0.1) is 0 Å². The zero-order valence-corrected chi connectivity index (χ0v) is 34.9. The number of carbonyl (C=O) groups is 1. The highest BCUT2D eigenvalue weighted by molar-refractivity contribution is 7.47. The van der Waals surface area contributed by atoms with Crippen molar-refractivity contribution in [3.63, 3.8) is 0 Å². The van der Waals surface area contributed by atoms with Crippen LogP contribution in [-0.2, 0) is 18.4 Å². The number of hydrogen-bond donors (Lipinski definition) is 4. The first-order chi connectivity index (χ1) is 25.9. The van der Waals surface area contributed by atoms with Gasteiger partial charge in [-0.3, -0.25) is 13.8 Å².